The van der Waals surface area contributed by atoms with Crippen LogP contribution >= 0.6 is 27.3 Å². The van der Waals surface area contributed by atoms with Crippen molar-refractivity contribution in [2.75, 3.05) is 11.9 Å². The lowest BCUT2D eigenvalue weighted by atomic mass is 10.2. The van der Waals surface area contributed by atoms with E-state index in [1.807, 2.05) is 6.92 Å². The van der Waals surface area contributed by atoms with Gasteiger partial charge < -0.3 is 9.88 Å². The van der Waals surface area contributed by atoms with Crippen LogP contribution in [0.1, 0.15) is 17.5 Å². The molecule has 2 aromatic rings. The molecule has 0 fully saturated rings. The van der Waals surface area contributed by atoms with Crippen LogP contribution in [0.4, 0.5) is 10.8 Å². The lowest BCUT2D eigenvalue weighted by Gasteiger charge is -2.06. The Morgan fingerprint density at radius 2 is 2.24 bits per heavy atom. The molecule has 0 spiro atoms. The number of hydrogen-bond acceptors (Lipinski definition) is 7. The van der Waals surface area contributed by atoms with E-state index in [0.29, 0.717) is 15.7 Å². The third kappa shape index (κ3) is 3.27. The first-order chi connectivity index (χ1) is 9.93. The van der Waals surface area contributed by atoms with Crippen molar-refractivity contribution in [2.24, 2.45) is 0 Å². The molecule has 0 unspecified atom stereocenters. The van der Waals surface area contributed by atoms with E-state index < -0.39 is 4.92 Å². The molecular weight excluding hydrogens is 362 g/mol. The van der Waals surface area contributed by atoms with Crippen molar-refractivity contribution in [3.63, 3.8) is 0 Å². The fraction of sp³-hybridized carbons (Fsp3) is 0.364. The molecule has 0 atom stereocenters. The Morgan fingerprint density at radius 1 is 1.52 bits per heavy atom. The van der Waals surface area contributed by atoms with Gasteiger partial charge in [0.15, 0.2) is 0 Å². The van der Waals surface area contributed by atoms with Crippen LogP contribution in [0.25, 0.3) is 0 Å². The fourth-order valence-corrected chi connectivity index (χ4v) is 2.93. The molecule has 0 saturated carbocycles. The zero-order valence-corrected chi connectivity index (χ0v) is 13.7. The second-order valence-corrected chi connectivity index (χ2v) is 6.03. The van der Waals surface area contributed by atoms with Gasteiger partial charge >= 0.3 is 0 Å². The summed E-state index contributed by atoms with van der Waals surface area (Å²) in [5.41, 5.74) is -0.136. The standard InChI is InChI=1S/C11H12BrN5O3S/c1-3-13-11-15-14-8(21-11)5-16-4-7(17(19)20)6(2)9(12)10(16)18/h4H,3,5H2,1-2H3,(H,13,15). The summed E-state index contributed by atoms with van der Waals surface area (Å²) in [5, 5.41) is 23.2. The van der Waals surface area contributed by atoms with Crippen LogP contribution in [0.15, 0.2) is 15.5 Å². The number of rotatable bonds is 5. The molecule has 0 aliphatic rings. The fourth-order valence-electron chi connectivity index (χ4n) is 1.69. The van der Waals surface area contributed by atoms with Gasteiger partial charge in [0, 0.05) is 12.1 Å². The van der Waals surface area contributed by atoms with Gasteiger partial charge in [0.05, 0.1) is 22.1 Å². The highest BCUT2D eigenvalue weighted by Crippen LogP contribution is 2.23. The van der Waals surface area contributed by atoms with E-state index in [-0.39, 0.29) is 22.3 Å². The van der Waals surface area contributed by atoms with Gasteiger partial charge in [-0.3, -0.25) is 14.9 Å². The van der Waals surface area contributed by atoms with Gasteiger partial charge in [-0.2, -0.15) is 0 Å². The van der Waals surface area contributed by atoms with E-state index in [2.05, 4.69) is 31.4 Å². The van der Waals surface area contributed by atoms with Crippen LogP contribution < -0.4 is 10.9 Å². The van der Waals surface area contributed by atoms with Crippen LogP contribution in [-0.4, -0.2) is 26.2 Å². The van der Waals surface area contributed by atoms with Crippen molar-refractivity contribution < 1.29 is 4.92 Å². The Bertz CT molecular complexity index is 742. The molecule has 2 heterocycles. The minimum absolute atomic E-state index is 0.113. The number of anilines is 1. The van der Waals surface area contributed by atoms with E-state index in [1.54, 1.807) is 0 Å². The van der Waals surface area contributed by atoms with Crippen molar-refractivity contribution in [1.29, 1.82) is 0 Å². The molecule has 8 nitrogen and oxygen atoms in total. The van der Waals surface area contributed by atoms with Gasteiger partial charge in [-0.05, 0) is 29.8 Å². The minimum Gasteiger partial charge on any atom is -0.360 e. The Hall–Kier alpha value is -1.81. The second kappa shape index (κ2) is 6.31. The maximum absolute atomic E-state index is 12.1. The normalized spacial score (nSPS) is 10.6. The quantitative estimate of drug-likeness (QED) is 0.636. The molecule has 2 aromatic heterocycles. The molecule has 0 saturated heterocycles. The van der Waals surface area contributed by atoms with Gasteiger partial charge in [0.2, 0.25) is 5.13 Å². The Labute approximate surface area is 132 Å². The lowest BCUT2D eigenvalue weighted by molar-refractivity contribution is -0.386. The molecule has 0 aromatic carbocycles. The highest BCUT2D eigenvalue weighted by atomic mass is 79.9. The van der Waals surface area contributed by atoms with E-state index in [0.717, 1.165) is 6.54 Å². The van der Waals surface area contributed by atoms with Crippen LogP contribution in [0.3, 0.4) is 0 Å². The molecule has 0 amide bonds. The molecule has 0 bridgehead atoms. The van der Waals surface area contributed by atoms with Crippen molar-refractivity contribution in [3.8, 4) is 0 Å². The number of aromatic nitrogens is 3. The predicted molar refractivity (Wildman–Crippen MR) is 83.0 cm³/mol. The number of halogens is 1. The number of pyridine rings is 1. The maximum atomic E-state index is 12.1. The van der Waals surface area contributed by atoms with Crippen molar-refractivity contribution in [3.05, 3.63) is 41.7 Å². The molecule has 2 rings (SSSR count). The van der Waals surface area contributed by atoms with Crippen LogP contribution in [-0.2, 0) is 6.54 Å². The van der Waals surface area contributed by atoms with Gasteiger partial charge in [-0.25, -0.2) is 0 Å². The smallest absolute Gasteiger partial charge is 0.289 e. The highest BCUT2D eigenvalue weighted by molar-refractivity contribution is 9.10. The average molecular weight is 374 g/mol. The summed E-state index contributed by atoms with van der Waals surface area (Å²) in [5.74, 6) is 0. The summed E-state index contributed by atoms with van der Waals surface area (Å²) >= 11 is 4.42. The van der Waals surface area contributed by atoms with Crippen molar-refractivity contribution >= 4 is 38.1 Å². The van der Waals surface area contributed by atoms with E-state index in [9.17, 15) is 14.9 Å². The average Bonchev–Trinajstić information content (AvgIpc) is 2.87. The summed E-state index contributed by atoms with van der Waals surface area (Å²) in [4.78, 5) is 22.6. The second-order valence-electron chi connectivity index (χ2n) is 4.17. The van der Waals surface area contributed by atoms with Crippen LogP contribution in [0.5, 0.6) is 0 Å². The number of nitrogens with one attached hydrogen (secondary N) is 1. The number of nitro groups is 1. The molecule has 0 aliphatic heterocycles. The first kappa shape index (κ1) is 15.6. The van der Waals surface area contributed by atoms with Crippen LogP contribution in [0, 0.1) is 17.0 Å². The summed E-state index contributed by atoms with van der Waals surface area (Å²) in [6, 6.07) is 0. The summed E-state index contributed by atoms with van der Waals surface area (Å²) in [6.45, 7) is 4.33. The third-order valence-electron chi connectivity index (χ3n) is 2.74. The third-order valence-corrected chi connectivity index (χ3v) is 4.54. The van der Waals surface area contributed by atoms with Crippen LogP contribution in [0.2, 0.25) is 0 Å². The highest BCUT2D eigenvalue weighted by Gasteiger charge is 2.19. The topological polar surface area (TPSA) is 103 Å². The molecule has 112 valence electrons. The van der Waals surface area contributed by atoms with E-state index >= 15 is 0 Å². The Kier molecular flexibility index (Phi) is 4.68. The minimum atomic E-state index is -0.514. The monoisotopic (exact) mass is 373 g/mol. The van der Waals surface area contributed by atoms with Gasteiger partial charge in [0.25, 0.3) is 11.2 Å². The lowest BCUT2D eigenvalue weighted by Crippen LogP contribution is -2.22. The largest absolute Gasteiger partial charge is 0.360 e. The summed E-state index contributed by atoms with van der Waals surface area (Å²) in [7, 11) is 0. The SMILES string of the molecule is CCNc1nnc(Cn2cc([N+](=O)[O-])c(C)c(Br)c2=O)s1. The molecule has 0 radical (unpaired) electrons. The summed E-state index contributed by atoms with van der Waals surface area (Å²) in [6.07, 6.45) is 1.23. The molecular formula is C11H12BrN5O3S. The molecule has 0 aliphatic carbocycles. The van der Waals surface area contributed by atoms with Gasteiger partial charge in [0.1, 0.15) is 5.01 Å². The maximum Gasteiger partial charge on any atom is 0.289 e. The zero-order chi connectivity index (χ0) is 15.6. The Morgan fingerprint density at radius 3 is 2.86 bits per heavy atom. The molecule has 1 N–H and O–H groups in total. The van der Waals surface area contributed by atoms with Gasteiger partial charge in [-0.1, -0.05) is 11.3 Å². The van der Waals surface area contributed by atoms with Crippen molar-refractivity contribution in [1.82, 2.24) is 14.8 Å². The predicted octanol–water partition coefficient (Wildman–Crippen LogP) is 2.16. The number of nitrogens with zero attached hydrogens (tertiary/aromatic N) is 4. The van der Waals surface area contributed by atoms with Gasteiger partial charge in [-0.15, -0.1) is 10.2 Å². The molecule has 21 heavy (non-hydrogen) atoms. The molecule has 10 heteroatoms. The van der Waals surface area contributed by atoms with Crippen molar-refractivity contribution in [2.45, 2.75) is 20.4 Å². The first-order valence-corrected chi connectivity index (χ1v) is 7.65. The Balaban J connectivity index is 2.39. The zero-order valence-electron chi connectivity index (χ0n) is 11.3. The van der Waals surface area contributed by atoms with E-state index in [1.165, 1.54) is 29.0 Å². The number of hydrogen-bond donors (Lipinski definition) is 1. The summed E-state index contributed by atoms with van der Waals surface area (Å²) < 4.78 is 1.44. The first-order valence-electron chi connectivity index (χ1n) is 6.04. The van der Waals surface area contributed by atoms with E-state index in [4.69, 9.17) is 0 Å².